The molecule has 1 aromatic heterocycles. The van der Waals surface area contributed by atoms with E-state index in [1.165, 1.54) is 64.2 Å². The number of rotatable bonds is 12. The Bertz CT molecular complexity index is 371. The Kier molecular flexibility index (Phi) is 9.38. The van der Waals surface area contributed by atoms with Crippen LogP contribution in [0.25, 0.3) is 0 Å². The summed E-state index contributed by atoms with van der Waals surface area (Å²) in [6, 6.07) is 4.02. The van der Waals surface area contributed by atoms with Crippen LogP contribution in [0.3, 0.4) is 0 Å². The highest BCUT2D eigenvalue weighted by molar-refractivity contribution is 7.80. The van der Waals surface area contributed by atoms with Crippen LogP contribution in [0, 0.1) is 0 Å². The Balaban J connectivity index is 1.97. The molecule has 0 aromatic carbocycles. The molecule has 0 saturated heterocycles. The largest absolute Gasteiger partial charge is 0.388 e. The average Bonchev–Trinajstić information content (AvgIpc) is 2.89. The van der Waals surface area contributed by atoms with E-state index >= 15 is 0 Å². The third kappa shape index (κ3) is 7.09. The van der Waals surface area contributed by atoms with Gasteiger partial charge in [0.05, 0.1) is 5.69 Å². The average molecular weight is 295 g/mol. The fourth-order valence-electron chi connectivity index (χ4n) is 2.60. The van der Waals surface area contributed by atoms with Gasteiger partial charge in [0.1, 0.15) is 4.99 Å². The Morgan fingerprint density at radius 3 is 2.10 bits per heavy atom. The second-order valence-electron chi connectivity index (χ2n) is 5.63. The van der Waals surface area contributed by atoms with Gasteiger partial charge in [0.15, 0.2) is 0 Å². The summed E-state index contributed by atoms with van der Waals surface area (Å²) >= 11 is 5.04. The molecule has 0 atom stereocenters. The number of unbranched alkanes of at least 4 members (excludes halogenated alkanes) is 9. The molecule has 0 aliphatic rings. The first kappa shape index (κ1) is 17.2. The van der Waals surface area contributed by atoms with E-state index in [2.05, 4.69) is 17.7 Å². The Hall–Kier alpha value is -0.830. The summed E-state index contributed by atoms with van der Waals surface area (Å²) in [5, 5.41) is 0. The molecule has 114 valence electrons. The highest BCUT2D eigenvalue weighted by Gasteiger charge is 2.02. The lowest BCUT2D eigenvalue weighted by molar-refractivity contribution is 0.534. The van der Waals surface area contributed by atoms with Gasteiger partial charge >= 0.3 is 0 Å². The Morgan fingerprint density at radius 1 is 1.00 bits per heavy atom. The number of thiocarbonyl (C=S) groups is 1. The van der Waals surface area contributed by atoms with Crippen molar-refractivity contribution in [3.63, 3.8) is 0 Å². The number of aryl methyl sites for hydroxylation is 1. The molecule has 1 heterocycles. The number of aromatic nitrogens is 1. The lowest BCUT2D eigenvalue weighted by atomic mass is 10.1. The molecule has 20 heavy (non-hydrogen) atoms. The van der Waals surface area contributed by atoms with Crippen molar-refractivity contribution in [2.75, 3.05) is 0 Å². The van der Waals surface area contributed by atoms with E-state index in [0.717, 1.165) is 12.2 Å². The molecule has 0 saturated carbocycles. The van der Waals surface area contributed by atoms with Gasteiger partial charge in [-0.2, -0.15) is 0 Å². The second-order valence-corrected chi connectivity index (χ2v) is 6.07. The Morgan fingerprint density at radius 2 is 1.55 bits per heavy atom. The molecule has 0 aliphatic heterocycles. The molecule has 0 fully saturated rings. The van der Waals surface area contributed by atoms with Gasteiger partial charge in [-0.1, -0.05) is 76.9 Å². The number of nitrogens with two attached hydrogens (primary N) is 1. The minimum atomic E-state index is 0.502. The van der Waals surface area contributed by atoms with Crippen LogP contribution in [0.1, 0.15) is 76.8 Å². The quantitative estimate of drug-likeness (QED) is 0.432. The fraction of sp³-hybridized carbons (Fsp3) is 0.706. The summed E-state index contributed by atoms with van der Waals surface area (Å²) < 4.78 is 2.17. The van der Waals surface area contributed by atoms with E-state index in [-0.39, 0.29) is 0 Å². The standard InChI is InChI=1S/C17H30N2S/c1-2-3-4-5-6-7-8-9-10-11-14-19-15-12-13-16(19)17(18)20/h12-13,15H,2-11,14H2,1H3,(H2,18,20). The zero-order valence-corrected chi connectivity index (χ0v) is 13.8. The van der Waals surface area contributed by atoms with Gasteiger partial charge in [-0.15, -0.1) is 0 Å². The first-order valence-corrected chi connectivity index (χ1v) is 8.61. The zero-order valence-electron chi connectivity index (χ0n) is 12.9. The van der Waals surface area contributed by atoms with Gasteiger partial charge in [0.25, 0.3) is 0 Å². The smallest absolute Gasteiger partial charge is 0.120 e. The van der Waals surface area contributed by atoms with Crippen LogP contribution in [-0.2, 0) is 6.54 Å². The molecule has 0 spiro atoms. The lowest BCUT2D eigenvalue weighted by Gasteiger charge is -2.08. The number of hydrogen-bond donors (Lipinski definition) is 1. The monoisotopic (exact) mass is 294 g/mol. The van der Waals surface area contributed by atoms with Crippen LogP contribution in [0.5, 0.6) is 0 Å². The molecule has 1 aromatic rings. The third-order valence-corrected chi connectivity index (χ3v) is 4.04. The molecule has 0 aliphatic carbocycles. The SMILES string of the molecule is CCCCCCCCCCCCn1cccc1C(N)=S. The summed E-state index contributed by atoms with van der Waals surface area (Å²) in [6.07, 6.45) is 15.8. The van der Waals surface area contributed by atoms with Gasteiger partial charge in [0.2, 0.25) is 0 Å². The summed E-state index contributed by atoms with van der Waals surface area (Å²) in [6.45, 7) is 3.31. The summed E-state index contributed by atoms with van der Waals surface area (Å²) in [5.41, 5.74) is 6.69. The highest BCUT2D eigenvalue weighted by atomic mass is 32.1. The van der Waals surface area contributed by atoms with Crippen molar-refractivity contribution in [1.82, 2.24) is 4.57 Å². The van der Waals surface area contributed by atoms with Crippen LogP contribution in [0.15, 0.2) is 18.3 Å². The molecule has 0 bridgehead atoms. The highest BCUT2D eigenvalue weighted by Crippen LogP contribution is 2.11. The molecule has 3 heteroatoms. The minimum absolute atomic E-state index is 0.502. The molecule has 0 radical (unpaired) electrons. The first-order chi connectivity index (χ1) is 9.75. The van der Waals surface area contributed by atoms with Crippen LogP contribution in [-0.4, -0.2) is 9.56 Å². The van der Waals surface area contributed by atoms with Gasteiger partial charge < -0.3 is 10.3 Å². The summed E-state index contributed by atoms with van der Waals surface area (Å²) in [5.74, 6) is 0. The van der Waals surface area contributed by atoms with Crippen molar-refractivity contribution in [2.45, 2.75) is 77.7 Å². The molecule has 1 rings (SSSR count). The van der Waals surface area contributed by atoms with E-state index < -0.39 is 0 Å². The predicted molar refractivity (Wildman–Crippen MR) is 92.2 cm³/mol. The van der Waals surface area contributed by atoms with E-state index in [4.69, 9.17) is 18.0 Å². The first-order valence-electron chi connectivity index (χ1n) is 8.20. The van der Waals surface area contributed by atoms with Crippen molar-refractivity contribution < 1.29 is 0 Å². The Labute approximate surface area is 129 Å². The predicted octanol–water partition coefficient (Wildman–Crippen LogP) is 5.04. The normalized spacial score (nSPS) is 10.8. The fourth-order valence-corrected chi connectivity index (χ4v) is 2.79. The molecule has 2 nitrogen and oxygen atoms in total. The maximum atomic E-state index is 5.69. The van der Waals surface area contributed by atoms with Crippen molar-refractivity contribution in [3.8, 4) is 0 Å². The molecule has 0 unspecified atom stereocenters. The van der Waals surface area contributed by atoms with Gasteiger partial charge in [-0.3, -0.25) is 0 Å². The van der Waals surface area contributed by atoms with Crippen molar-refractivity contribution in [2.24, 2.45) is 5.73 Å². The number of nitrogens with zero attached hydrogens (tertiary/aromatic N) is 1. The van der Waals surface area contributed by atoms with E-state index in [9.17, 15) is 0 Å². The van der Waals surface area contributed by atoms with Crippen LogP contribution < -0.4 is 5.73 Å². The van der Waals surface area contributed by atoms with Crippen molar-refractivity contribution in [1.29, 1.82) is 0 Å². The minimum Gasteiger partial charge on any atom is -0.388 e. The summed E-state index contributed by atoms with van der Waals surface area (Å²) in [7, 11) is 0. The van der Waals surface area contributed by atoms with Gasteiger partial charge in [0, 0.05) is 12.7 Å². The van der Waals surface area contributed by atoms with E-state index in [0.29, 0.717) is 4.99 Å². The topological polar surface area (TPSA) is 30.9 Å². The molecular weight excluding hydrogens is 264 g/mol. The van der Waals surface area contributed by atoms with Crippen molar-refractivity contribution in [3.05, 3.63) is 24.0 Å². The van der Waals surface area contributed by atoms with Crippen LogP contribution in [0.4, 0.5) is 0 Å². The maximum Gasteiger partial charge on any atom is 0.120 e. The molecule has 2 N–H and O–H groups in total. The molecular formula is C17H30N2S. The number of hydrogen-bond acceptors (Lipinski definition) is 1. The third-order valence-electron chi connectivity index (χ3n) is 3.83. The van der Waals surface area contributed by atoms with Gasteiger partial charge in [-0.25, -0.2) is 0 Å². The summed E-state index contributed by atoms with van der Waals surface area (Å²) in [4.78, 5) is 0.502. The van der Waals surface area contributed by atoms with E-state index in [1.54, 1.807) is 0 Å². The van der Waals surface area contributed by atoms with E-state index in [1.807, 2.05) is 12.1 Å². The molecule has 0 amide bonds. The maximum absolute atomic E-state index is 5.69. The van der Waals surface area contributed by atoms with Crippen LogP contribution in [0.2, 0.25) is 0 Å². The lowest BCUT2D eigenvalue weighted by Crippen LogP contribution is -2.15. The van der Waals surface area contributed by atoms with Crippen LogP contribution >= 0.6 is 12.2 Å². The second kappa shape index (κ2) is 10.9. The zero-order chi connectivity index (χ0) is 14.6. The van der Waals surface area contributed by atoms with Crippen molar-refractivity contribution >= 4 is 17.2 Å². The van der Waals surface area contributed by atoms with Gasteiger partial charge in [-0.05, 0) is 18.6 Å².